The summed E-state index contributed by atoms with van der Waals surface area (Å²) in [6.07, 6.45) is 0. The zero-order chi connectivity index (χ0) is 10.1. The Hall–Kier alpha value is -1.31. The lowest BCUT2D eigenvalue weighted by molar-refractivity contribution is -0.129. The Kier molecular flexibility index (Phi) is 2.28. The number of hydrogen-bond acceptors (Lipinski definition) is 1. The van der Waals surface area contributed by atoms with Gasteiger partial charge in [0.1, 0.15) is 0 Å². The SMILES string of the molecule is C[C@@H]1C(=O)N(C)C[C@H]1c1ccccc1. The highest BCUT2D eigenvalue weighted by molar-refractivity contribution is 5.81. The van der Waals surface area contributed by atoms with E-state index in [4.69, 9.17) is 0 Å². The van der Waals surface area contributed by atoms with Crippen molar-refractivity contribution in [1.29, 1.82) is 0 Å². The molecule has 1 fully saturated rings. The second-order valence-electron chi connectivity index (χ2n) is 4.02. The second-order valence-corrected chi connectivity index (χ2v) is 4.02. The van der Waals surface area contributed by atoms with Crippen molar-refractivity contribution in [1.82, 2.24) is 4.90 Å². The molecule has 0 aromatic heterocycles. The monoisotopic (exact) mass is 189 g/mol. The maximum Gasteiger partial charge on any atom is 0.225 e. The van der Waals surface area contributed by atoms with Crippen LogP contribution in [-0.4, -0.2) is 24.4 Å². The van der Waals surface area contributed by atoms with Gasteiger partial charge in [-0.3, -0.25) is 4.79 Å². The van der Waals surface area contributed by atoms with Gasteiger partial charge in [0, 0.05) is 25.4 Å². The van der Waals surface area contributed by atoms with E-state index in [0.29, 0.717) is 5.92 Å². The van der Waals surface area contributed by atoms with Gasteiger partial charge in [-0.15, -0.1) is 0 Å². The Morgan fingerprint density at radius 1 is 1.29 bits per heavy atom. The molecule has 2 rings (SSSR count). The van der Waals surface area contributed by atoms with Crippen LogP contribution in [0.25, 0.3) is 0 Å². The lowest BCUT2D eigenvalue weighted by Crippen LogP contribution is -2.21. The highest BCUT2D eigenvalue weighted by Gasteiger charge is 2.35. The van der Waals surface area contributed by atoms with Crippen molar-refractivity contribution in [3.8, 4) is 0 Å². The predicted octanol–water partition coefficient (Wildman–Crippen LogP) is 1.88. The van der Waals surface area contributed by atoms with Crippen LogP contribution in [0.4, 0.5) is 0 Å². The minimum atomic E-state index is 0.127. The number of carbonyl (C=O) groups is 1. The molecule has 14 heavy (non-hydrogen) atoms. The number of likely N-dealkylation sites (N-methyl/N-ethyl adjacent to an activating group) is 1. The summed E-state index contributed by atoms with van der Waals surface area (Å²) in [7, 11) is 1.88. The first-order valence-corrected chi connectivity index (χ1v) is 5.00. The van der Waals surface area contributed by atoms with Gasteiger partial charge in [-0.1, -0.05) is 37.3 Å². The summed E-state index contributed by atoms with van der Waals surface area (Å²) in [5, 5.41) is 0. The molecule has 2 atom stereocenters. The number of rotatable bonds is 1. The van der Waals surface area contributed by atoms with Crippen LogP contribution in [0.15, 0.2) is 30.3 Å². The molecule has 0 unspecified atom stereocenters. The van der Waals surface area contributed by atoms with E-state index in [1.54, 1.807) is 0 Å². The lowest BCUT2D eigenvalue weighted by atomic mass is 9.90. The first kappa shape index (κ1) is 9.25. The van der Waals surface area contributed by atoms with Crippen molar-refractivity contribution in [3.05, 3.63) is 35.9 Å². The van der Waals surface area contributed by atoms with Crippen LogP contribution in [0.3, 0.4) is 0 Å². The molecular weight excluding hydrogens is 174 g/mol. The third-order valence-corrected chi connectivity index (χ3v) is 3.07. The fourth-order valence-electron chi connectivity index (χ4n) is 2.16. The molecule has 1 aromatic rings. The van der Waals surface area contributed by atoms with E-state index in [1.807, 2.05) is 37.1 Å². The molecule has 1 aliphatic heterocycles. The van der Waals surface area contributed by atoms with Crippen LogP contribution in [0, 0.1) is 5.92 Å². The van der Waals surface area contributed by atoms with Crippen LogP contribution in [-0.2, 0) is 4.79 Å². The number of amides is 1. The highest BCUT2D eigenvalue weighted by Crippen LogP contribution is 2.32. The van der Waals surface area contributed by atoms with Gasteiger partial charge in [0.15, 0.2) is 0 Å². The van der Waals surface area contributed by atoms with E-state index in [0.717, 1.165) is 6.54 Å². The number of benzene rings is 1. The fourth-order valence-corrected chi connectivity index (χ4v) is 2.16. The first-order valence-electron chi connectivity index (χ1n) is 5.00. The summed E-state index contributed by atoms with van der Waals surface area (Å²) < 4.78 is 0. The van der Waals surface area contributed by atoms with Gasteiger partial charge in [0.2, 0.25) is 5.91 Å². The van der Waals surface area contributed by atoms with Crippen molar-refractivity contribution in [2.45, 2.75) is 12.8 Å². The van der Waals surface area contributed by atoms with E-state index in [9.17, 15) is 4.79 Å². The zero-order valence-corrected chi connectivity index (χ0v) is 8.60. The maximum atomic E-state index is 11.6. The number of carbonyl (C=O) groups excluding carboxylic acids is 1. The molecule has 1 heterocycles. The number of likely N-dealkylation sites (tertiary alicyclic amines) is 1. The van der Waals surface area contributed by atoms with Crippen LogP contribution in [0.2, 0.25) is 0 Å². The summed E-state index contributed by atoms with van der Waals surface area (Å²) in [6, 6.07) is 10.3. The summed E-state index contributed by atoms with van der Waals surface area (Å²) in [5.41, 5.74) is 1.28. The quantitative estimate of drug-likeness (QED) is 0.660. The molecule has 1 aliphatic rings. The molecule has 0 radical (unpaired) electrons. The Morgan fingerprint density at radius 3 is 2.43 bits per heavy atom. The molecule has 0 saturated carbocycles. The van der Waals surface area contributed by atoms with Gasteiger partial charge in [-0.25, -0.2) is 0 Å². The van der Waals surface area contributed by atoms with E-state index in [2.05, 4.69) is 12.1 Å². The summed E-state index contributed by atoms with van der Waals surface area (Å²) >= 11 is 0. The lowest BCUT2D eigenvalue weighted by Gasteiger charge is -2.12. The Morgan fingerprint density at radius 2 is 1.93 bits per heavy atom. The molecule has 1 saturated heterocycles. The first-order chi connectivity index (χ1) is 6.70. The average molecular weight is 189 g/mol. The Labute approximate surface area is 84.5 Å². The molecule has 2 heteroatoms. The van der Waals surface area contributed by atoms with Gasteiger partial charge in [0.05, 0.1) is 0 Å². The smallest absolute Gasteiger partial charge is 0.225 e. The van der Waals surface area contributed by atoms with Crippen LogP contribution in [0.1, 0.15) is 18.4 Å². The summed E-state index contributed by atoms with van der Waals surface area (Å²) in [5.74, 6) is 0.759. The normalized spacial score (nSPS) is 27.0. The molecule has 0 N–H and O–H groups in total. The number of nitrogens with zero attached hydrogens (tertiary/aromatic N) is 1. The Balaban J connectivity index is 2.26. The van der Waals surface area contributed by atoms with E-state index in [1.165, 1.54) is 5.56 Å². The van der Waals surface area contributed by atoms with Crippen LogP contribution < -0.4 is 0 Å². The van der Waals surface area contributed by atoms with Gasteiger partial charge >= 0.3 is 0 Å². The van der Waals surface area contributed by atoms with Crippen LogP contribution >= 0.6 is 0 Å². The molecule has 1 aromatic carbocycles. The Bertz CT molecular complexity index is 333. The summed E-state index contributed by atoms with van der Waals surface area (Å²) in [6.45, 7) is 2.87. The van der Waals surface area contributed by atoms with Gasteiger partial charge < -0.3 is 4.90 Å². The number of hydrogen-bond donors (Lipinski definition) is 0. The van der Waals surface area contributed by atoms with Crippen LogP contribution in [0.5, 0.6) is 0 Å². The minimum Gasteiger partial charge on any atom is -0.345 e. The summed E-state index contributed by atoms with van der Waals surface area (Å²) in [4.78, 5) is 13.4. The van der Waals surface area contributed by atoms with Gasteiger partial charge in [-0.05, 0) is 5.56 Å². The molecular formula is C12H15NO. The van der Waals surface area contributed by atoms with Gasteiger partial charge in [0.25, 0.3) is 0 Å². The fraction of sp³-hybridized carbons (Fsp3) is 0.417. The molecule has 74 valence electrons. The van der Waals surface area contributed by atoms with Crippen molar-refractivity contribution >= 4 is 5.91 Å². The zero-order valence-electron chi connectivity index (χ0n) is 8.60. The second kappa shape index (κ2) is 3.45. The molecule has 0 aliphatic carbocycles. The predicted molar refractivity (Wildman–Crippen MR) is 56.0 cm³/mol. The highest BCUT2D eigenvalue weighted by atomic mass is 16.2. The standard InChI is InChI=1S/C12H15NO/c1-9-11(8-13(2)12(9)14)10-6-4-3-5-7-10/h3-7,9,11H,8H2,1-2H3/t9-,11+/m0/s1. The topological polar surface area (TPSA) is 20.3 Å². The molecule has 1 amide bonds. The third kappa shape index (κ3) is 1.41. The van der Waals surface area contributed by atoms with E-state index >= 15 is 0 Å². The largest absolute Gasteiger partial charge is 0.345 e. The minimum absolute atomic E-state index is 0.127. The van der Waals surface area contributed by atoms with E-state index < -0.39 is 0 Å². The van der Waals surface area contributed by atoms with Crippen molar-refractivity contribution in [3.63, 3.8) is 0 Å². The molecule has 2 nitrogen and oxygen atoms in total. The molecule has 0 bridgehead atoms. The molecule has 0 spiro atoms. The van der Waals surface area contributed by atoms with Gasteiger partial charge in [-0.2, -0.15) is 0 Å². The third-order valence-electron chi connectivity index (χ3n) is 3.07. The average Bonchev–Trinajstić information content (AvgIpc) is 2.47. The maximum absolute atomic E-state index is 11.6. The van der Waals surface area contributed by atoms with Crippen molar-refractivity contribution in [2.24, 2.45) is 5.92 Å². The van der Waals surface area contributed by atoms with E-state index in [-0.39, 0.29) is 11.8 Å². The van der Waals surface area contributed by atoms with Crippen molar-refractivity contribution in [2.75, 3.05) is 13.6 Å². The van der Waals surface area contributed by atoms with Crippen molar-refractivity contribution < 1.29 is 4.79 Å².